The molecule has 0 unspecified atom stereocenters. The maximum Gasteiger partial charge on any atom is 0.226 e. The van der Waals surface area contributed by atoms with Crippen LogP contribution in [-0.4, -0.2) is 23.1 Å². The van der Waals surface area contributed by atoms with Gasteiger partial charge in [0.2, 0.25) is 5.91 Å². The van der Waals surface area contributed by atoms with Gasteiger partial charge in [0.1, 0.15) is 5.37 Å². The van der Waals surface area contributed by atoms with Crippen molar-refractivity contribution >= 4 is 40.9 Å². The number of rotatable bonds is 2. The van der Waals surface area contributed by atoms with Gasteiger partial charge in [0.05, 0.1) is 10.0 Å². The van der Waals surface area contributed by atoms with E-state index in [0.29, 0.717) is 16.0 Å². The highest BCUT2D eigenvalue weighted by Crippen LogP contribution is 2.44. The maximum atomic E-state index is 12.8. The number of hydrogen-bond donors (Lipinski definition) is 0. The minimum atomic E-state index is 0.0191. The first-order valence-corrected chi connectivity index (χ1v) is 9.35. The second-order valence-corrected chi connectivity index (χ2v) is 7.71. The molecule has 0 spiro atoms. The molecule has 114 valence electrons. The van der Waals surface area contributed by atoms with E-state index in [4.69, 9.17) is 23.2 Å². The largest absolute Gasteiger partial charge is 0.325 e. The van der Waals surface area contributed by atoms with E-state index in [1.807, 2.05) is 17.0 Å². The molecule has 1 heterocycles. The third-order valence-corrected chi connectivity index (χ3v) is 6.45. The van der Waals surface area contributed by atoms with E-state index < -0.39 is 0 Å². The van der Waals surface area contributed by atoms with Crippen molar-refractivity contribution in [1.82, 2.24) is 4.90 Å². The lowest BCUT2D eigenvalue weighted by molar-refractivity contribution is -0.136. The lowest BCUT2D eigenvalue weighted by atomic mass is 9.88. The zero-order chi connectivity index (χ0) is 14.8. The summed E-state index contributed by atoms with van der Waals surface area (Å²) >= 11 is 14.3. The topological polar surface area (TPSA) is 20.3 Å². The molecule has 21 heavy (non-hydrogen) atoms. The summed E-state index contributed by atoms with van der Waals surface area (Å²) in [6.07, 6.45) is 5.70. The lowest BCUT2D eigenvalue weighted by Crippen LogP contribution is -2.36. The van der Waals surface area contributed by atoms with Crippen LogP contribution in [0.4, 0.5) is 0 Å². The van der Waals surface area contributed by atoms with Crippen molar-refractivity contribution in [3.05, 3.63) is 33.8 Å². The second-order valence-electron chi connectivity index (χ2n) is 5.73. The molecule has 1 aliphatic heterocycles. The van der Waals surface area contributed by atoms with Crippen LogP contribution < -0.4 is 0 Å². The third-order valence-electron chi connectivity index (χ3n) is 4.38. The first-order valence-electron chi connectivity index (χ1n) is 7.54. The molecule has 2 aliphatic rings. The Morgan fingerprint density at radius 3 is 2.71 bits per heavy atom. The van der Waals surface area contributed by atoms with Gasteiger partial charge in [0.15, 0.2) is 0 Å². The lowest BCUT2D eigenvalue weighted by Gasteiger charge is -2.30. The quantitative estimate of drug-likeness (QED) is 0.740. The number of amides is 1. The van der Waals surface area contributed by atoms with Crippen LogP contribution in [0.5, 0.6) is 0 Å². The van der Waals surface area contributed by atoms with Crippen LogP contribution in [0.2, 0.25) is 10.0 Å². The first kappa shape index (κ1) is 15.5. The molecule has 5 heteroatoms. The van der Waals surface area contributed by atoms with Crippen LogP contribution in [0.1, 0.15) is 43.0 Å². The molecule has 1 amide bonds. The zero-order valence-corrected chi connectivity index (χ0v) is 14.2. The molecule has 0 radical (unpaired) electrons. The number of carbonyl (C=O) groups excluding carboxylic acids is 1. The average molecular weight is 344 g/mol. The van der Waals surface area contributed by atoms with E-state index in [0.717, 1.165) is 30.7 Å². The van der Waals surface area contributed by atoms with E-state index in [1.54, 1.807) is 17.8 Å². The fraction of sp³-hybridized carbons (Fsp3) is 0.562. The van der Waals surface area contributed by atoms with Crippen LogP contribution in [-0.2, 0) is 4.79 Å². The van der Waals surface area contributed by atoms with E-state index in [9.17, 15) is 4.79 Å². The predicted molar refractivity (Wildman–Crippen MR) is 89.9 cm³/mol. The SMILES string of the molecule is O=C(C1CCCCC1)N1CCS[C@H]1c1cccc(Cl)c1Cl. The van der Waals surface area contributed by atoms with Crippen molar-refractivity contribution in [2.75, 3.05) is 12.3 Å². The minimum Gasteiger partial charge on any atom is -0.325 e. The van der Waals surface area contributed by atoms with Gasteiger partial charge in [0, 0.05) is 23.8 Å². The Morgan fingerprint density at radius 2 is 1.95 bits per heavy atom. The van der Waals surface area contributed by atoms with Gasteiger partial charge < -0.3 is 4.90 Å². The monoisotopic (exact) mass is 343 g/mol. The van der Waals surface area contributed by atoms with E-state index in [-0.39, 0.29) is 11.3 Å². The van der Waals surface area contributed by atoms with Crippen molar-refractivity contribution in [2.24, 2.45) is 5.92 Å². The van der Waals surface area contributed by atoms with Crippen LogP contribution >= 0.6 is 35.0 Å². The zero-order valence-electron chi connectivity index (χ0n) is 11.9. The summed E-state index contributed by atoms with van der Waals surface area (Å²) in [4.78, 5) is 14.8. The number of nitrogens with zero attached hydrogens (tertiary/aromatic N) is 1. The molecule has 1 saturated heterocycles. The molecule has 1 aliphatic carbocycles. The smallest absolute Gasteiger partial charge is 0.226 e. The number of carbonyl (C=O) groups is 1. The molecule has 1 saturated carbocycles. The van der Waals surface area contributed by atoms with Gasteiger partial charge >= 0.3 is 0 Å². The Bertz CT molecular complexity index is 531. The molecule has 2 nitrogen and oxygen atoms in total. The van der Waals surface area contributed by atoms with Crippen molar-refractivity contribution in [1.29, 1.82) is 0 Å². The number of hydrogen-bond acceptors (Lipinski definition) is 2. The van der Waals surface area contributed by atoms with Crippen LogP contribution in [0, 0.1) is 5.92 Å². The van der Waals surface area contributed by atoms with Gasteiger partial charge in [0.25, 0.3) is 0 Å². The summed E-state index contributed by atoms with van der Waals surface area (Å²) in [5.41, 5.74) is 0.968. The molecule has 2 fully saturated rings. The molecular formula is C16H19Cl2NOS. The van der Waals surface area contributed by atoms with Crippen molar-refractivity contribution in [3.8, 4) is 0 Å². The van der Waals surface area contributed by atoms with E-state index >= 15 is 0 Å². The standard InChI is InChI=1S/C16H19Cl2NOS/c17-13-8-4-7-12(14(13)18)16-19(9-10-21-16)15(20)11-5-2-1-3-6-11/h4,7-8,11,16H,1-3,5-6,9-10H2/t16-/m0/s1. The number of thioether (sulfide) groups is 1. The van der Waals surface area contributed by atoms with Crippen molar-refractivity contribution < 1.29 is 4.79 Å². The fourth-order valence-electron chi connectivity index (χ4n) is 3.25. The molecular weight excluding hydrogens is 325 g/mol. The summed E-state index contributed by atoms with van der Waals surface area (Å²) in [5.74, 6) is 1.48. The highest BCUT2D eigenvalue weighted by molar-refractivity contribution is 7.99. The van der Waals surface area contributed by atoms with Crippen molar-refractivity contribution in [3.63, 3.8) is 0 Å². The average Bonchev–Trinajstić information content (AvgIpc) is 2.99. The predicted octanol–water partition coefficient (Wildman–Crippen LogP) is 5.15. The number of benzene rings is 1. The minimum absolute atomic E-state index is 0.0191. The summed E-state index contributed by atoms with van der Waals surface area (Å²) in [6.45, 7) is 0.813. The Morgan fingerprint density at radius 1 is 1.19 bits per heavy atom. The third kappa shape index (κ3) is 3.20. The van der Waals surface area contributed by atoms with Gasteiger partial charge in [-0.1, -0.05) is 54.6 Å². The summed E-state index contributed by atoms with van der Waals surface area (Å²) < 4.78 is 0. The Balaban J connectivity index is 1.81. The van der Waals surface area contributed by atoms with E-state index in [2.05, 4.69) is 0 Å². The molecule has 3 rings (SSSR count). The van der Waals surface area contributed by atoms with E-state index in [1.165, 1.54) is 19.3 Å². The molecule has 0 aromatic heterocycles. The number of halogens is 2. The Labute approximate surface area is 140 Å². The molecule has 0 bridgehead atoms. The Kier molecular flexibility index (Phi) is 5.03. The fourth-order valence-corrected chi connectivity index (χ4v) is 5.02. The first-order chi connectivity index (χ1) is 10.2. The maximum absolute atomic E-state index is 12.8. The highest BCUT2D eigenvalue weighted by atomic mass is 35.5. The second kappa shape index (κ2) is 6.80. The normalized spacial score (nSPS) is 23.5. The van der Waals surface area contributed by atoms with Gasteiger partial charge in [-0.3, -0.25) is 4.79 Å². The van der Waals surface area contributed by atoms with Gasteiger partial charge in [-0.2, -0.15) is 0 Å². The Hall–Kier alpha value is -0.380. The molecule has 0 N–H and O–H groups in total. The molecule has 1 atom stereocenters. The highest BCUT2D eigenvalue weighted by Gasteiger charge is 2.35. The summed E-state index contributed by atoms with van der Waals surface area (Å²) in [6, 6.07) is 5.68. The van der Waals surface area contributed by atoms with Crippen molar-refractivity contribution in [2.45, 2.75) is 37.5 Å². The summed E-state index contributed by atoms with van der Waals surface area (Å²) in [5, 5.41) is 1.16. The van der Waals surface area contributed by atoms with Gasteiger partial charge in [-0.25, -0.2) is 0 Å². The molecule has 1 aromatic rings. The van der Waals surface area contributed by atoms with Gasteiger partial charge in [-0.15, -0.1) is 11.8 Å². The van der Waals surface area contributed by atoms with Crippen LogP contribution in [0.15, 0.2) is 18.2 Å². The van der Waals surface area contributed by atoms with Gasteiger partial charge in [-0.05, 0) is 18.9 Å². The molecule has 1 aromatic carbocycles. The summed E-state index contributed by atoms with van der Waals surface area (Å²) in [7, 11) is 0. The van der Waals surface area contributed by atoms with Crippen LogP contribution in [0.3, 0.4) is 0 Å². The van der Waals surface area contributed by atoms with Crippen LogP contribution in [0.25, 0.3) is 0 Å².